The number of aromatic nitrogens is 1. The van der Waals surface area contributed by atoms with Gasteiger partial charge in [0.05, 0.1) is 13.2 Å². The van der Waals surface area contributed by atoms with E-state index in [9.17, 15) is 0 Å². The lowest BCUT2D eigenvalue weighted by Gasteiger charge is -2.28. The number of ether oxygens (including phenoxy) is 1. The minimum atomic E-state index is 0.448. The quantitative estimate of drug-likeness (QED) is 0.876. The predicted octanol–water partition coefficient (Wildman–Crippen LogP) is 1.59. The van der Waals surface area contributed by atoms with Crippen molar-refractivity contribution in [3.63, 3.8) is 0 Å². The van der Waals surface area contributed by atoms with Gasteiger partial charge in [-0.3, -0.25) is 0 Å². The number of rotatable bonds is 4. The highest BCUT2D eigenvalue weighted by Crippen LogP contribution is 2.18. The second-order valence-electron chi connectivity index (χ2n) is 5.28. The van der Waals surface area contributed by atoms with Crippen molar-refractivity contribution in [2.24, 2.45) is 0 Å². The van der Waals surface area contributed by atoms with Gasteiger partial charge in [0.15, 0.2) is 0 Å². The van der Waals surface area contributed by atoms with Crippen molar-refractivity contribution in [3.8, 4) is 0 Å². The van der Waals surface area contributed by atoms with E-state index in [-0.39, 0.29) is 0 Å². The number of aromatic amines is 1. The monoisotopic (exact) mass is 259 g/mol. The number of para-hydroxylation sites is 1. The molecule has 2 aromatic rings. The molecule has 0 spiro atoms. The van der Waals surface area contributed by atoms with Gasteiger partial charge in [0.1, 0.15) is 0 Å². The van der Waals surface area contributed by atoms with E-state index in [4.69, 9.17) is 4.74 Å². The fraction of sp³-hybridized carbons (Fsp3) is 0.467. The Morgan fingerprint density at radius 1 is 1.37 bits per heavy atom. The molecule has 19 heavy (non-hydrogen) atoms. The lowest BCUT2D eigenvalue weighted by molar-refractivity contribution is 0.0645. The maximum atomic E-state index is 5.49. The van der Waals surface area contributed by atoms with Crippen LogP contribution >= 0.6 is 0 Å². The molecule has 4 nitrogen and oxygen atoms in total. The van der Waals surface area contributed by atoms with E-state index in [2.05, 4.69) is 52.7 Å². The Kier molecular flexibility index (Phi) is 3.82. The lowest BCUT2D eigenvalue weighted by atomic mass is 10.1. The van der Waals surface area contributed by atoms with Crippen molar-refractivity contribution < 1.29 is 4.74 Å². The van der Waals surface area contributed by atoms with Gasteiger partial charge in [0.25, 0.3) is 0 Å². The molecule has 2 heterocycles. The summed E-state index contributed by atoms with van der Waals surface area (Å²) in [6.45, 7) is 4.59. The van der Waals surface area contributed by atoms with Crippen molar-refractivity contribution in [3.05, 3.63) is 36.0 Å². The molecule has 1 aromatic heterocycles. The van der Waals surface area contributed by atoms with Crippen molar-refractivity contribution >= 4 is 10.9 Å². The summed E-state index contributed by atoms with van der Waals surface area (Å²) < 4.78 is 5.49. The molecule has 3 rings (SSSR count). The van der Waals surface area contributed by atoms with Gasteiger partial charge in [0, 0.05) is 42.8 Å². The van der Waals surface area contributed by atoms with Crippen LogP contribution in [0.5, 0.6) is 0 Å². The number of likely N-dealkylation sites (N-methyl/N-ethyl adjacent to an activating group) is 1. The first-order chi connectivity index (χ1) is 9.33. The molecule has 1 aliphatic heterocycles. The zero-order chi connectivity index (χ0) is 13.1. The van der Waals surface area contributed by atoms with Crippen LogP contribution < -0.4 is 5.32 Å². The van der Waals surface area contributed by atoms with Gasteiger partial charge in [-0.1, -0.05) is 18.2 Å². The summed E-state index contributed by atoms with van der Waals surface area (Å²) in [5.41, 5.74) is 2.57. The topological polar surface area (TPSA) is 40.3 Å². The van der Waals surface area contributed by atoms with Crippen molar-refractivity contribution in [1.29, 1.82) is 0 Å². The summed E-state index contributed by atoms with van der Waals surface area (Å²) in [6, 6.07) is 8.90. The summed E-state index contributed by atoms with van der Waals surface area (Å²) in [5, 5.41) is 4.81. The average molecular weight is 259 g/mol. The Labute approximate surface area is 113 Å². The average Bonchev–Trinajstić information content (AvgIpc) is 2.83. The Morgan fingerprint density at radius 2 is 2.26 bits per heavy atom. The Morgan fingerprint density at radius 3 is 3.11 bits per heavy atom. The molecule has 0 radical (unpaired) electrons. The molecular weight excluding hydrogens is 238 g/mol. The van der Waals surface area contributed by atoms with Crippen molar-refractivity contribution in [1.82, 2.24) is 15.2 Å². The fourth-order valence-corrected chi connectivity index (χ4v) is 2.73. The van der Waals surface area contributed by atoms with E-state index in [1.807, 2.05) is 0 Å². The van der Waals surface area contributed by atoms with Crippen molar-refractivity contribution in [2.45, 2.75) is 12.6 Å². The summed E-state index contributed by atoms with van der Waals surface area (Å²) in [7, 11) is 2.16. The highest BCUT2D eigenvalue weighted by Gasteiger charge is 2.15. The van der Waals surface area contributed by atoms with Crippen LogP contribution in [0.25, 0.3) is 10.9 Å². The van der Waals surface area contributed by atoms with Crippen molar-refractivity contribution in [2.75, 3.05) is 33.4 Å². The van der Waals surface area contributed by atoms with Crippen LogP contribution in [-0.4, -0.2) is 49.3 Å². The maximum absolute atomic E-state index is 5.49. The molecule has 0 bridgehead atoms. The van der Waals surface area contributed by atoms with Crippen LogP contribution in [0, 0.1) is 0 Å². The number of nitrogens with zero attached hydrogens (tertiary/aromatic N) is 1. The molecule has 0 aliphatic carbocycles. The standard InChI is InChI=1S/C15H21N3O/c1-18(10-13-11-19-7-6-16-13)9-12-8-17-15-5-3-2-4-14(12)15/h2-5,8,13,16-17H,6-7,9-11H2,1H3. The zero-order valence-electron chi connectivity index (χ0n) is 11.4. The molecule has 0 saturated carbocycles. The molecular formula is C15H21N3O. The first kappa shape index (κ1) is 12.7. The third-order valence-corrected chi connectivity index (χ3v) is 3.65. The van der Waals surface area contributed by atoms with Crippen LogP contribution in [0.4, 0.5) is 0 Å². The first-order valence-electron chi connectivity index (χ1n) is 6.87. The molecule has 0 amide bonds. The summed E-state index contributed by atoms with van der Waals surface area (Å²) in [4.78, 5) is 5.68. The predicted molar refractivity (Wildman–Crippen MR) is 77.2 cm³/mol. The molecule has 1 saturated heterocycles. The molecule has 102 valence electrons. The smallest absolute Gasteiger partial charge is 0.0632 e. The number of nitrogens with one attached hydrogen (secondary N) is 2. The van der Waals surface area contributed by atoms with E-state index < -0.39 is 0 Å². The molecule has 1 atom stereocenters. The molecule has 4 heteroatoms. The summed E-state index contributed by atoms with van der Waals surface area (Å²) >= 11 is 0. The van der Waals surface area contributed by atoms with Crippen LogP contribution in [0.2, 0.25) is 0 Å². The highest BCUT2D eigenvalue weighted by atomic mass is 16.5. The number of fused-ring (bicyclic) bond motifs is 1. The van der Waals surface area contributed by atoms with E-state index in [1.54, 1.807) is 0 Å². The zero-order valence-corrected chi connectivity index (χ0v) is 11.4. The molecule has 1 fully saturated rings. The van der Waals surface area contributed by atoms with Gasteiger partial charge in [-0.25, -0.2) is 0 Å². The van der Waals surface area contributed by atoms with Gasteiger partial charge in [-0.05, 0) is 18.7 Å². The van der Waals surface area contributed by atoms with Gasteiger partial charge < -0.3 is 19.9 Å². The van der Waals surface area contributed by atoms with E-state index in [1.165, 1.54) is 16.5 Å². The number of H-pyrrole nitrogens is 1. The maximum Gasteiger partial charge on any atom is 0.0632 e. The molecule has 1 aliphatic rings. The Balaban J connectivity index is 1.63. The Bertz CT molecular complexity index is 531. The third kappa shape index (κ3) is 2.97. The lowest BCUT2D eigenvalue weighted by Crippen LogP contribution is -2.47. The normalized spacial score (nSPS) is 20.2. The number of hydrogen-bond donors (Lipinski definition) is 2. The minimum absolute atomic E-state index is 0.448. The number of hydrogen-bond acceptors (Lipinski definition) is 3. The van der Waals surface area contributed by atoms with E-state index in [0.717, 1.165) is 32.8 Å². The van der Waals surface area contributed by atoms with Gasteiger partial charge in [-0.2, -0.15) is 0 Å². The highest BCUT2D eigenvalue weighted by molar-refractivity contribution is 5.82. The summed E-state index contributed by atoms with van der Waals surface area (Å²) in [5.74, 6) is 0. The first-order valence-corrected chi connectivity index (χ1v) is 6.87. The Hall–Kier alpha value is -1.36. The number of benzene rings is 1. The number of morpholine rings is 1. The van der Waals surface area contributed by atoms with E-state index >= 15 is 0 Å². The van der Waals surface area contributed by atoms with Crippen LogP contribution in [0.15, 0.2) is 30.5 Å². The fourth-order valence-electron chi connectivity index (χ4n) is 2.73. The van der Waals surface area contributed by atoms with Gasteiger partial charge in [-0.15, -0.1) is 0 Å². The van der Waals surface area contributed by atoms with Gasteiger partial charge >= 0.3 is 0 Å². The second-order valence-corrected chi connectivity index (χ2v) is 5.28. The van der Waals surface area contributed by atoms with Gasteiger partial charge in [0.2, 0.25) is 0 Å². The SMILES string of the molecule is CN(Cc1c[nH]c2ccccc12)CC1COCCN1. The molecule has 2 N–H and O–H groups in total. The van der Waals surface area contributed by atoms with Crippen LogP contribution in [0.3, 0.4) is 0 Å². The minimum Gasteiger partial charge on any atom is -0.378 e. The second kappa shape index (κ2) is 5.74. The third-order valence-electron chi connectivity index (χ3n) is 3.65. The molecule has 1 aromatic carbocycles. The largest absolute Gasteiger partial charge is 0.378 e. The van der Waals surface area contributed by atoms with E-state index in [0.29, 0.717) is 6.04 Å². The molecule has 1 unspecified atom stereocenters. The van der Waals surface area contributed by atoms with Crippen LogP contribution in [-0.2, 0) is 11.3 Å². The summed E-state index contributed by atoms with van der Waals surface area (Å²) in [6.07, 6.45) is 2.12. The van der Waals surface area contributed by atoms with Crippen LogP contribution in [0.1, 0.15) is 5.56 Å².